The SMILES string of the molecule is COC(=O)CNc1ccc(/C=C/c2cc(O)cc(C)c2CC=C(C)C)cc1OC. The molecule has 0 aromatic heterocycles. The number of hydrogen-bond donors (Lipinski definition) is 2. The van der Waals surface area contributed by atoms with Gasteiger partial charge in [0.15, 0.2) is 0 Å². The summed E-state index contributed by atoms with van der Waals surface area (Å²) in [6, 6.07) is 9.25. The maximum atomic E-state index is 11.3. The second-order valence-electron chi connectivity index (χ2n) is 7.04. The van der Waals surface area contributed by atoms with E-state index in [-0.39, 0.29) is 18.3 Å². The molecule has 0 aliphatic rings. The van der Waals surface area contributed by atoms with Gasteiger partial charge in [-0.05, 0) is 73.7 Å². The summed E-state index contributed by atoms with van der Waals surface area (Å²) in [5.41, 5.74) is 6.14. The van der Waals surface area contributed by atoms with Crippen molar-refractivity contribution < 1.29 is 19.4 Å². The summed E-state index contributed by atoms with van der Waals surface area (Å²) in [6.45, 7) is 6.23. The van der Waals surface area contributed by atoms with Gasteiger partial charge in [0, 0.05) is 0 Å². The van der Waals surface area contributed by atoms with Crippen molar-refractivity contribution >= 4 is 23.8 Å². The molecule has 29 heavy (non-hydrogen) atoms. The molecular formula is C24H29NO4. The summed E-state index contributed by atoms with van der Waals surface area (Å²) in [4.78, 5) is 11.3. The molecule has 0 unspecified atom stereocenters. The molecule has 2 aromatic rings. The number of carbonyl (C=O) groups is 1. The number of hydrogen-bond acceptors (Lipinski definition) is 5. The van der Waals surface area contributed by atoms with Crippen LogP contribution >= 0.6 is 0 Å². The van der Waals surface area contributed by atoms with Crippen LogP contribution in [0, 0.1) is 6.92 Å². The Labute approximate surface area is 172 Å². The lowest BCUT2D eigenvalue weighted by molar-refractivity contribution is -0.138. The smallest absolute Gasteiger partial charge is 0.325 e. The van der Waals surface area contributed by atoms with Crippen LogP contribution in [-0.4, -0.2) is 31.8 Å². The maximum absolute atomic E-state index is 11.3. The van der Waals surface area contributed by atoms with Gasteiger partial charge in [-0.15, -0.1) is 0 Å². The highest BCUT2D eigenvalue weighted by Gasteiger charge is 2.08. The lowest BCUT2D eigenvalue weighted by atomic mass is 9.96. The Hall–Kier alpha value is -3.21. The van der Waals surface area contributed by atoms with Crippen LogP contribution in [0.15, 0.2) is 42.0 Å². The minimum atomic E-state index is -0.348. The highest BCUT2D eigenvalue weighted by Crippen LogP contribution is 2.28. The van der Waals surface area contributed by atoms with Crippen molar-refractivity contribution in [3.8, 4) is 11.5 Å². The quantitative estimate of drug-likeness (QED) is 0.375. The molecule has 0 heterocycles. The highest BCUT2D eigenvalue weighted by molar-refractivity contribution is 5.78. The Morgan fingerprint density at radius 1 is 1.14 bits per heavy atom. The summed E-state index contributed by atoms with van der Waals surface area (Å²) >= 11 is 0. The van der Waals surface area contributed by atoms with E-state index in [0.717, 1.165) is 23.1 Å². The van der Waals surface area contributed by atoms with Crippen molar-refractivity contribution in [2.75, 3.05) is 26.1 Å². The van der Waals surface area contributed by atoms with Crippen molar-refractivity contribution in [2.24, 2.45) is 0 Å². The third-order valence-electron chi connectivity index (χ3n) is 4.54. The van der Waals surface area contributed by atoms with Crippen LogP contribution in [0.2, 0.25) is 0 Å². The summed E-state index contributed by atoms with van der Waals surface area (Å²) in [5, 5.41) is 13.0. The first-order valence-corrected chi connectivity index (χ1v) is 9.46. The molecule has 0 saturated carbocycles. The van der Waals surface area contributed by atoms with Crippen molar-refractivity contribution in [3.05, 3.63) is 64.2 Å². The average molecular weight is 395 g/mol. The van der Waals surface area contributed by atoms with E-state index >= 15 is 0 Å². The molecule has 5 heteroatoms. The molecule has 0 atom stereocenters. The Bertz CT molecular complexity index is 925. The molecule has 0 spiro atoms. The van der Waals surface area contributed by atoms with Crippen LogP contribution in [-0.2, 0) is 16.0 Å². The van der Waals surface area contributed by atoms with Crippen LogP contribution in [0.1, 0.15) is 36.1 Å². The normalized spacial score (nSPS) is 10.7. The summed E-state index contributed by atoms with van der Waals surface area (Å²) in [6.07, 6.45) is 6.97. The summed E-state index contributed by atoms with van der Waals surface area (Å²) in [7, 11) is 2.94. The lowest BCUT2D eigenvalue weighted by Gasteiger charge is -2.12. The van der Waals surface area contributed by atoms with E-state index in [1.807, 2.05) is 37.3 Å². The Morgan fingerprint density at radius 2 is 1.90 bits per heavy atom. The second-order valence-corrected chi connectivity index (χ2v) is 7.04. The minimum Gasteiger partial charge on any atom is -0.508 e. The third kappa shape index (κ3) is 6.42. The fourth-order valence-electron chi connectivity index (χ4n) is 2.94. The lowest BCUT2D eigenvalue weighted by Crippen LogP contribution is -2.15. The number of allylic oxidation sites excluding steroid dienone is 2. The molecule has 154 valence electrons. The first-order valence-electron chi connectivity index (χ1n) is 9.46. The first kappa shape index (κ1) is 22.1. The van der Waals surface area contributed by atoms with Gasteiger partial charge in [-0.2, -0.15) is 0 Å². The first-order chi connectivity index (χ1) is 13.8. The topological polar surface area (TPSA) is 67.8 Å². The molecule has 2 N–H and O–H groups in total. The third-order valence-corrected chi connectivity index (χ3v) is 4.54. The number of aryl methyl sites for hydroxylation is 1. The number of anilines is 1. The Kier molecular flexibility index (Phi) is 7.89. The molecule has 2 aromatic carbocycles. The van der Waals surface area contributed by atoms with Crippen LogP contribution in [0.3, 0.4) is 0 Å². The molecule has 0 radical (unpaired) electrons. The number of methoxy groups -OCH3 is 2. The number of carbonyl (C=O) groups excluding carboxylic acids is 1. The average Bonchev–Trinajstić information content (AvgIpc) is 2.69. The molecule has 0 amide bonds. The number of phenols is 1. The van der Waals surface area contributed by atoms with Crippen LogP contribution in [0.4, 0.5) is 5.69 Å². The minimum absolute atomic E-state index is 0.0678. The Morgan fingerprint density at radius 3 is 2.55 bits per heavy atom. The van der Waals surface area contributed by atoms with Gasteiger partial charge >= 0.3 is 5.97 Å². The summed E-state index contributed by atoms with van der Waals surface area (Å²) in [5.74, 6) is 0.537. The van der Waals surface area contributed by atoms with E-state index < -0.39 is 0 Å². The van der Waals surface area contributed by atoms with E-state index in [2.05, 4.69) is 30.0 Å². The molecular weight excluding hydrogens is 366 g/mol. The zero-order valence-electron chi connectivity index (χ0n) is 17.7. The van der Waals surface area contributed by atoms with E-state index in [1.54, 1.807) is 19.2 Å². The highest BCUT2D eigenvalue weighted by atomic mass is 16.5. The van der Waals surface area contributed by atoms with Gasteiger partial charge in [-0.1, -0.05) is 29.9 Å². The molecule has 0 fully saturated rings. The van der Waals surface area contributed by atoms with E-state index in [9.17, 15) is 9.90 Å². The molecule has 0 aliphatic carbocycles. The van der Waals surface area contributed by atoms with Gasteiger partial charge < -0.3 is 19.9 Å². The van der Waals surface area contributed by atoms with E-state index in [1.165, 1.54) is 18.2 Å². The van der Waals surface area contributed by atoms with Gasteiger partial charge in [0.2, 0.25) is 0 Å². The molecule has 0 saturated heterocycles. The monoisotopic (exact) mass is 395 g/mol. The largest absolute Gasteiger partial charge is 0.508 e. The number of benzene rings is 2. The van der Waals surface area contributed by atoms with Crippen LogP contribution < -0.4 is 10.1 Å². The number of phenolic OH excluding ortho intramolecular Hbond substituents is 1. The van der Waals surface area contributed by atoms with Crippen LogP contribution in [0.5, 0.6) is 11.5 Å². The van der Waals surface area contributed by atoms with Gasteiger partial charge in [-0.25, -0.2) is 0 Å². The van der Waals surface area contributed by atoms with Gasteiger partial charge in [0.25, 0.3) is 0 Å². The van der Waals surface area contributed by atoms with Gasteiger partial charge in [0.1, 0.15) is 18.0 Å². The predicted molar refractivity (Wildman–Crippen MR) is 118 cm³/mol. The number of esters is 1. The fourth-order valence-corrected chi connectivity index (χ4v) is 2.94. The van der Waals surface area contributed by atoms with Crippen LogP contribution in [0.25, 0.3) is 12.2 Å². The van der Waals surface area contributed by atoms with Crippen molar-refractivity contribution in [1.29, 1.82) is 0 Å². The maximum Gasteiger partial charge on any atom is 0.325 e. The van der Waals surface area contributed by atoms with Gasteiger partial charge in [-0.3, -0.25) is 4.79 Å². The van der Waals surface area contributed by atoms with Crippen molar-refractivity contribution in [2.45, 2.75) is 27.2 Å². The van der Waals surface area contributed by atoms with Crippen molar-refractivity contribution in [1.82, 2.24) is 0 Å². The molecule has 0 aliphatic heterocycles. The zero-order valence-corrected chi connectivity index (χ0v) is 17.7. The standard InChI is InChI=1S/C24H29NO4/c1-16(2)6-10-21-17(3)12-20(26)14-19(21)9-7-18-8-11-22(23(13-18)28-4)25-15-24(27)29-5/h6-9,11-14,25-26H,10,15H2,1-5H3/b9-7+. The fraction of sp³-hybridized carbons (Fsp3) is 0.292. The van der Waals surface area contributed by atoms with Gasteiger partial charge in [0.05, 0.1) is 19.9 Å². The number of aromatic hydroxyl groups is 1. The predicted octanol–water partition coefficient (Wildman–Crippen LogP) is 4.97. The number of nitrogens with one attached hydrogen (secondary N) is 1. The summed E-state index contributed by atoms with van der Waals surface area (Å²) < 4.78 is 10.1. The Balaban J connectivity index is 2.29. The van der Waals surface area contributed by atoms with Crippen molar-refractivity contribution in [3.63, 3.8) is 0 Å². The van der Waals surface area contributed by atoms with E-state index in [4.69, 9.17) is 4.74 Å². The zero-order chi connectivity index (χ0) is 21.4. The van der Waals surface area contributed by atoms with E-state index in [0.29, 0.717) is 11.4 Å². The number of rotatable bonds is 8. The second kappa shape index (κ2) is 10.4. The molecule has 5 nitrogen and oxygen atoms in total. The number of ether oxygens (including phenoxy) is 2. The molecule has 0 bridgehead atoms. The molecule has 2 rings (SSSR count).